The average molecular weight is 1150 g/mol. The first-order valence-electron chi connectivity index (χ1n) is 33.9. The van der Waals surface area contributed by atoms with E-state index in [0.29, 0.717) is 23.9 Å². The molecule has 0 radical (unpaired) electrons. The van der Waals surface area contributed by atoms with Crippen molar-refractivity contribution in [3.8, 4) is 0 Å². The van der Waals surface area contributed by atoms with Crippen molar-refractivity contribution >= 4 is 19.7 Å². The van der Waals surface area contributed by atoms with Crippen molar-refractivity contribution < 1.29 is 37.3 Å². The zero-order chi connectivity index (χ0) is 59.3. The Kier molecular flexibility index (Phi) is 58.2. The molecule has 0 fully saturated rings. The molecule has 9 nitrogen and oxygen atoms in total. The molecule has 0 aliphatic rings. The van der Waals surface area contributed by atoms with Crippen LogP contribution in [0.2, 0.25) is 0 Å². The van der Waals surface area contributed by atoms with Crippen molar-refractivity contribution in [2.24, 2.45) is 0 Å². The van der Waals surface area contributed by atoms with Gasteiger partial charge in [0.1, 0.15) is 19.3 Å². The topological polar surface area (TPSA) is 114 Å². The third-order valence-electron chi connectivity index (χ3n) is 14.8. The number of quaternary nitrogens is 1. The van der Waals surface area contributed by atoms with Crippen molar-refractivity contribution in [1.29, 1.82) is 0 Å². The van der Waals surface area contributed by atoms with Crippen LogP contribution in [0.1, 0.15) is 303 Å². The lowest BCUT2D eigenvalue weighted by Crippen LogP contribution is -2.47. The SMILES string of the molecule is CC/C=C\C/C=C\C/C=C\C/C=C\C/C=C\CCCC(=O)OC(/C=C\CCCCCCCCCCC)C(COP(=O)([O-])OCC[N+](C)(C)C)NC(=O)CCCCCCCCCCCCCCCCCCC/C=C/CCCCCCCC. The Labute approximate surface area is 501 Å². The maximum absolute atomic E-state index is 13.6. The van der Waals surface area contributed by atoms with Crippen molar-refractivity contribution in [1.82, 2.24) is 5.32 Å². The lowest BCUT2D eigenvalue weighted by molar-refractivity contribution is -0.870. The van der Waals surface area contributed by atoms with Gasteiger partial charge in [-0.25, -0.2) is 0 Å². The number of carbonyl (C=O) groups is 2. The summed E-state index contributed by atoms with van der Waals surface area (Å²) in [5.41, 5.74) is 0. The highest BCUT2D eigenvalue weighted by atomic mass is 31.2. The highest BCUT2D eigenvalue weighted by molar-refractivity contribution is 7.45. The molecule has 0 bridgehead atoms. The minimum atomic E-state index is -4.72. The van der Waals surface area contributed by atoms with Gasteiger partial charge < -0.3 is 28.5 Å². The van der Waals surface area contributed by atoms with E-state index in [1.165, 1.54) is 186 Å². The highest BCUT2D eigenvalue weighted by Gasteiger charge is 2.27. The maximum Gasteiger partial charge on any atom is 0.306 e. The number of carbonyl (C=O) groups excluding carboxylic acids is 2. The van der Waals surface area contributed by atoms with Crippen LogP contribution >= 0.6 is 7.82 Å². The third kappa shape index (κ3) is 61.6. The van der Waals surface area contributed by atoms with Crippen LogP contribution in [0.25, 0.3) is 0 Å². The van der Waals surface area contributed by atoms with Gasteiger partial charge >= 0.3 is 5.97 Å². The fraction of sp³-hybridized carbons (Fsp3) is 0.775. The maximum atomic E-state index is 13.6. The fourth-order valence-corrected chi connectivity index (χ4v) is 10.3. The van der Waals surface area contributed by atoms with Crippen LogP contribution in [0.3, 0.4) is 0 Å². The molecule has 0 rings (SSSR count). The molecule has 3 unspecified atom stereocenters. The van der Waals surface area contributed by atoms with E-state index < -0.39 is 32.5 Å². The zero-order valence-corrected chi connectivity index (χ0v) is 54.6. The third-order valence-corrected chi connectivity index (χ3v) is 15.8. The summed E-state index contributed by atoms with van der Waals surface area (Å²) < 4.78 is 30.3. The number of ether oxygens (including phenoxy) is 1. The quantitative estimate of drug-likeness (QED) is 0.0212. The summed E-state index contributed by atoms with van der Waals surface area (Å²) in [5, 5.41) is 3.02. The van der Waals surface area contributed by atoms with Gasteiger partial charge in [0.05, 0.1) is 33.8 Å². The molecule has 1 N–H and O–H groups in total. The molecule has 0 saturated carbocycles. The van der Waals surface area contributed by atoms with E-state index in [1.807, 2.05) is 33.3 Å². The molecule has 1 amide bonds. The van der Waals surface area contributed by atoms with Crippen LogP contribution in [-0.4, -0.2) is 69.4 Å². The minimum absolute atomic E-state index is 0.0331. The molecular weight excluding hydrogens is 1020 g/mol. The molecule has 0 heterocycles. The molecule has 0 saturated heterocycles. The molecule has 3 atom stereocenters. The average Bonchev–Trinajstić information content (AvgIpc) is 3.43. The molecule has 10 heteroatoms. The van der Waals surface area contributed by atoms with E-state index in [9.17, 15) is 19.0 Å². The standard InChI is InChI=1S/C71H129N2O7P/c1-7-10-13-16-19-22-25-27-29-31-32-33-34-35-36-37-38-39-40-42-43-45-48-51-54-57-60-63-70(74)72-68(67-79-81(76,77)78-66-65-73(4,5)6)69(62-59-56-53-50-47-24-21-18-15-12-9-3)80-71(75)64-61-58-55-52-49-46-44-41-30-28-26-23-20-17-14-11-8-2/h11,14,20,23,27-30,44,46,52,55,59,62,68-69H,7-10,12-13,15-19,21-22,24-26,31-43,45,47-51,53-54,56-58,60-61,63-67H2,1-6H3,(H-,72,74,76,77)/b14-11-,23-20-,29-27+,30-28-,46-44-,55-52-,62-59-. The molecule has 470 valence electrons. The number of likely N-dealkylation sites (N-methyl/N-ethyl adjacent to an activating group) is 1. The van der Waals surface area contributed by atoms with E-state index in [0.717, 1.165) is 77.0 Å². The molecule has 0 aromatic rings. The van der Waals surface area contributed by atoms with Gasteiger partial charge in [-0.05, 0) is 96.0 Å². The van der Waals surface area contributed by atoms with Crippen LogP contribution in [0.4, 0.5) is 0 Å². The Morgan fingerprint density at radius 2 is 0.802 bits per heavy atom. The Hall–Kier alpha value is -2.81. The Morgan fingerprint density at radius 3 is 1.22 bits per heavy atom. The number of nitrogens with one attached hydrogen (secondary N) is 1. The molecule has 0 spiro atoms. The summed E-state index contributed by atoms with van der Waals surface area (Å²) in [6.07, 6.45) is 80.1. The van der Waals surface area contributed by atoms with Gasteiger partial charge in [-0.3, -0.25) is 14.2 Å². The summed E-state index contributed by atoms with van der Waals surface area (Å²) in [7, 11) is 1.15. The predicted molar refractivity (Wildman–Crippen MR) is 348 cm³/mol. The first-order valence-corrected chi connectivity index (χ1v) is 35.4. The Bertz CT molecular complexity index is 1660. The van der Waals surface area contributed by atoms with Crippen molar-refractivity contribution in [3.63, 3.8) is 0 Å². The van der Waals surface area contributed by atoms with Crippen LogP contribution in [-0.2, 0) is 27.9 Å². The van der Waals surface area contributed by atoms with Gasteiger partial charge in [0.25, 0.3) is 7.82 Å². The van der Waals surface area contributed by atoms with E-state index >= 15 is 0 Å². The first-order chi connectivity index (χ1) is 39.4. The van der Waals surface area contributed by atoms with Crippen molar-refractivity contribution in [3.05, 3.63) is 85.1 Å². The first kappa shape index (κ1) is 78.2. The lowest BCUT2D eigenvalue weighted by atomic mass is 10.0. The summed E-state index contributed by atoms with van der Waals surface area (Å²) in [6, 6.07) is -0.914. The number of hydrogen-bond acceptors (Lipinski definition) is 7. The zero-order valence-electron chi connectivity index (χ0n) is 53.7. The van der Waals surface area contributed by atoms with Gasteiger partial charge in [0.2, 0.25) is 5.91 Å². The Morgan fingerprint density at radius 1 is 0.444 bits per heavy atom. The van der Waals surface area contributed by atoms with Gasteiger partial charge in [-0.2, -0.15) is 0 Å². The smallest absolute Gasteiger partial charge is 0.306 e. The predicted octanol–water partition coefficient (Wildman–Crippen LogP) is 20.7. The molecule has 81 heavy (non-hydrogen) atoms. The van der Waals surface area contributed by atoms with Crippen molar-refractivity contribution in [2.45, 2.75) is 315 Å². The van der Waals surface area contributed by atoms with Gasteiger partial charge in [-0.1, -0.05) is 280 Å². The number of unbranched alkanes of at least 4 members (excludes halogenated alkanes) is 33. The van der Waals surface area contributed by atoms with E-state index in [-0.39, 0.29) is 18.9 Å². The van der Waals surface area contributed by atoms with E-state index in [4.69, 9.17) is 13.8 Å². The molecule has 0 aromatic carbocycles. The van der Waals surface area contributed by atoms with Crippen molar-refractivity contribution in [2.75, 3.05) is 40.9 Å². The van der Waals surface area contributed by atoms with Gasteiger partial charge in [0, 0.05) is 12.8 Å². The Balaban J connectivity index is 5.05. The van der Waals surface area contributed by atoms with Gasteiger partial charge in [-0.15, -0.1) is 0 Å². The number of allylic oxidation sites excluding steroid dienone is 13. The largest absolute Gasteiger partial charge is 0.756 e. The normalized spacial score (nSPS) is 14.1. The second kappa shape index (κ2) is 60.3. The number of rotatable bonds is 61. The highest BCUT2D eigenvalue weighted by Crippen LogP contribution is 2.38. The number of phosphoric acid groups is 1. The number of amides is 1. The summed E-state index contributed by atoms with van der Waals surface area (Å²) in [4.78, 5) is 40.0. The number of hydrogen-bond donors (Lipinski definition) is 1. The molecule has 0 aliphatic carbocycles. The summed E-state index contributed by atoms with van der Waals surface area (Å²) in [6.45, 7) is 6.70. The van der Waals surface area contributed by atoms with Crippen LogP contribution in [0, 0.1) is 0 Å². The van der Waals surface area contributed by atoms with E-state index in [2.05, 4.69) is 99.0 Å². The molecule has 0 aliphatic heterocycles. The second-order valence-electron chi connectivity index (χ2n) is 23.9. The number of nitrogens with zero attached hydrogens (tertiary/aromatic N) is 1. The van der Waals surface area contributed by atoms with Gasteiger partial charge in [0.15, 0.2) is 0 Å². The van der Waals surface area contributed by atoms with E-state index in [1.54, 1.807) is 0 Å². The molecular formula is C71H129N2O7P. The fourth-order valence-electron chi connectivity index (χ4n) is 9.61. The number of phosphoric ester groups is 1. The summed E-state index contributed by atoms with van der Waals surface area (Å²) >= 11 is 0. The monoisotopic (exact) mass is 1150 g/mol. The van der Waals surface area contributed by atoms with Crippen LogP contribution in [0.5, 0.6) is 0 Å². The summed E-state index contributed by atoms with van der Waals surface area (Å²) in [5.74, 6) is -0.604. The molecule has 0 aromatic heterocycles. The van der Waals surface area contributed by atoms with Crippen LogP contribution in [0.15, 0.2) is 85.1 Å². The number of esters is 1. The lowest BCUT2D eigenvalue weighted by Gasteiger charge is -2.30. The van der Waals surface area contributed by atoms with Crippen LogP contribution < -0.4 is 10.2 Å². The second-order valence-corrected chi connectivity index (χ2v) is 25.4. The minimum Gasteiger partial charge on any atom is -0.756 e.